The van der Waals surface area contributed by atoms with E-state index >= 15 is 0 Å². The maximum atomic E-state index is 14.7. The molecule has 1 aliphatic heterocycles. The molecule has 5 heterocycles. The van der Waals surface area contributed by atoms with E-state index in [2.05, 4.69) is 25.6 Å². The first kappa shape index (κ1) is 59.0. The third kappa shape index (κ3) is 19.0. The van der Waals surface area contributed by atoms with E-state index < -0.39 is 29.7 Å². The number of aromatic nitrogens is 4. The summed E-state index contributed by atoms with van der Waals surface area (Å²) in [6.07, 6.45) is 5.63. The molecule has 1 saturated heterocycles. The molecule has 4 atom stereocenters. The lowest BCUT2D eigenvalue weighted by molar-refractivity contribution is -0.146. The maximum Gasteiger partial charge on any atom is 0.243 e. The van der Waals surface area contributed by atoms with E-state index in [1.165, 1.54) is 4.90 Å². The van der Waals surface area contributed by atoms with Crippen molar-refractivity contribution in [2.24, 2.45) is 11.3 Å². The number of benzene rings is 1. The number of Topliss-reactive ketones (excluding diaryl/α,β-unsaturated/α-hetero) is 2. The average Bonchev–Trinajstić information content (AvgIpc) is 4.01. The van der Waals surface area contributed by atoms with E-state index in [0.29, 0.717) is 57.7 Å². The second-order valence-corrected chi connectivity index (χ2v) is 21.4. The van der Waals surface area contributed by atoms with Gasteiger partial charge in [-0.05, 0) is 67.0 Å². The summed E-state index contributed by atoms with van der Waals surface area (Å²) >= 11 is 1.57. The lowest BCUT2D eigenvalue weighted by atomic mass is 9.77. The van der Waals surface area contributed by atoms with Crippen LogP contribution in [0.15, 0.2) is 72.6 Å². The monoisotopic (exact) mass is 1080 g/mol. The van der Waals surface area contributed by atoms with Gasteiger partial charge in [-0.1, -0.05) is 45.0 Å². The molecule has 3 N–H and O–H groups in total. The first-order chi connectivity index (χ1) is 37.2. The Balaban J connectivity index is 0.668. The van der Waals surface area contributed by atoms with Crippen LogP contribution in [0.3, 0.4) is 0 Å². The topological polar surface area (TPSA) is 223 Å². The van der Waals surface area contributed by atoms with Crippen LogP contribution in [0.1, 0.15) is 92.3 Å². The number of carbonyl (C=O) groups is 4. The number of amides is 2. The molecule has 7 rings (SSSR count). The van der Waals surface area contributed by atoms with Crippen molar-refractivity contribution >= 4 is 51.3 Å². The standard InChI is InChI=1S/C57H74FN7O11S/c1-38-54(77-37-62-38)40-7-5-39(6-8-40)31-61-55(69)52-30-46(66)34-65(52)56(70)49(57(2,3)4)29-47(67)36-76-26-24-74-22-20-72-18-17-71-19-21-73-23-25-75-35-42(58)10-14-53(68)48-33-60-45(28-51(48)63-43-12-13-43)27-44-11-9-41-32-59-16-15-50(41)64-44/h5-9,11,15-16,28,32-33,37,42-43,46,49,52,66H,10,12-14,17-27,29-31,34-36H2,1-4H3,(H,60,63)(H,61,69)/t42?,46-,49-,52+/m1/s1. The predicted octanol–water partition coefficient (Wildman–Crippen LogP) is 6.92. The molecule has 1 aliphatic carbocycles. The van der Waals surface area contributed by atoms with E-state index in [4.69, 9.17) is 33.4 Å². The van der Waals surface area contributed by atoms with E-state index in [1.807, 2.05) is 81.7 Å². The summed E-state index contributed by atoms with van der Waals surface area (Å²) in [4.78, 5) is 73.9. The van der Waals surface area contributed by atoms with Crippen molar-refractivity contribution in [2.45, 2.75) is 104 Å². The number of aryl methyl sites for hydroxylation is 1. The quantitative estimate of drug-likeness (QED) is 0.0281. The summed E-state index contributed by atoms with van der Waals surface area (Å²) in [7, 11) is 0. The molecule has 2 amide bonds. The molecule has 1 saturated carbocycles. The normalized spacial score (nSPS) is 16.4. The number of carbonyl (C=O) groups excluding carboxylic acids is 4. The minimum absolute atomic E-state index is 0.0134. The van der Waals surface area contributed by atoms with Crippen molar-refractivity contribution in [3.8, 4) is 10.4 Å². The lowest BCUT2D eigenvalue weighted by Gasteiger charge is -2.34. The van der Waals surface area contributed by atoms with E-state index in [9.17, 15) is 28.7 Å². The second kappa shape index (κ2) is 29.9. The molecule has 0 radical (unpaired) electrons. The first-order valence-electron chi connectivity index (χ1n) is 26.6. The van der Waals surface area contributed by atoms with Crippen LogP contribution in [0.2, 0.25) is 0 Å². The number of likely N-dealkylation sites (tertiary alicyclic amines) is 1. The van der Waals surface area contributed by atoms with Crippen molar-refractivity contribution in [1.29, 1.82) is 0 Å². The summed E-state index contributed by atoms with van der Waals surface area (Å²) in [6.45, 7) is 10.5. The van der Waals surface area contributed by atoms with Gasteiger partial charge in [0.25, 0.3) is 0 Å². The minimum Gasteiger partial charge on any atom is -0.391 e. The van der Waals surface area contributed by atoms with Gasteiger partial charge in [0.15, 0.2) is 11.6 Å². The van der Waals surface area contributed by atoms with Gasteiger partial charge in [-0.2, -0.15) is 0 Å². The number of anilines is 1. The summed E-state index contributed by atoms with van der Waals surface area (Å²) in [6, 6.07) is 15.1. The first-order valence-corrected chi connectivity index (χ1v) is 27.5. The molecule has 5 aromatic rings. The molecule has 2 aliphatic rings. The summed E-state index contributed by atoms with van der Waals surface area (Å²) in [5.41, 5.74) is 7.82. The summed E-state index contributed by atoms with van der Waals surface area (Å²) < 4.78 is 47.9. The van der Waals surface area contributed by atoms with Crippen LogP contribution in [-0.4, -0.2) is 164 Å². The number of alkyl halides is 1. The van der Waals surface area contributed by atoms with Crippen LogP contribution < -0.4 is 10.6 Å². The smallest absolute Gasteiger partial charge is 0.243 e. The molecule has 0 spiro atoms. The highest BCUT2D eigenvalue weighted by Crippen LogP contribution is 2.34. The molecule has 1 unspecified atom stereocenters. The number of pyridine rings is 3. The Labute approximate surface area is 454 Å². The summed E-state index contributed by atoms with van der Waals surface area (Å²) in [5.74, 6) is -1.84. The Hall–Kier alpha value is -5.71. The van der Waals surface area contributed by atoms with Crippen LogP contribution in [-0.2, 0) is 55.8 Å². The Kier molecular flexibility index (Phi) is 22.9. The highest BCUT2D eigenvalue weighted by atomic mass is 32.1. The third-order valence-electron chi connectivity index (χ3n) is 13.3. The molecule has 18 nitrogen and oxygen atoms in total. The second-order valence-electron chi connectivity index (χ2n) is 20.6. The van der Waals surface area contributed by atoms with Crippen molar-refractivity contribution in [1.82, 2.24) is 30.2 Å². The van der Waals surface area contributed by atoms with Crippen molar-refractivity contribution in [3.63, 3.8) is 0 Å². The van der Waals surface area contributed by atoms with Gasteiger partial charge in [0.2, 0.25) is 11.8 Å². The van der Waals surface area contributed by atoms with Gasteiger partial charge in [-0.3, -0.25) is 34.1 Å². The molecule has 4 aromatic heterocycles. The number of thiazole rings is 1. The van der Waals surface area contributed by atoms with Crippen LogP contribution in [0.25, 0.3) is 21.3 Å². The zero-order valence-electron chi connectivity index (χ0n) is 44.7. The van der Waals surface area contributed by atoms with Crippen molar-refractivity contribution < 1.29 is 57.1 Å². The van der Waals surface area contributed by atoms with Crippen LogP contribution >= 0.6 is 11.3 Å². The number of fused-ring (bicyclic) bond motifs is 1. The molecular weight excluding hydrogens is 1010 g/mol. The number of nitrogens with zero attached hydrogens (tertiary/aromatic N) is 5. The van der Waals surface area contributed by atoms with Crippen molar-refractivity contribution in [2.75, 3.05) is 91.1 Å². The van der Waals surface area contributed by atoms with Gasteiger partial charge >= 0.3 is 0 Å². The highest BCUT2D eigenvalue weighted by Gasteiger charge is 2.44. The lowest BCUT2D eigenvalue weighted by Crippen LogP contribution is -2.50. The number of halogens is 1. The van der Waals surface area contributed by atoms with Gasteiger partial charge in [-0.25, -0.2) is 9.37 Å². The fraction of sp³-hybridized carbons (Fsp3) is 0.544. The number of nitrogens with one attached hydrogen (secondary N) is 2. The third-order valence-corrected chi connectivity index (χ3v) is 14.3. The van der Waals surface area contributed by atoms with Gasteiger partial charge < -0.3 is 49.1 Å². The fourth-order valence-corrected chi connectivity index (χ4v) is 9.60. The van der Waals surface area contributed by atoms with Gasteiger partial charge in [-0.15, -0.1) is 11.3 Å². The molecule has 1 aromatic carbocycles. The van der Waals surface area contributed by atoms with Gasteiger partial charge in [0.05, 0.1) is 106 Å². The number of ether oxygens (including phenoxy) is 6. The number of aliphatic hydroxyl groups is 1. The molecular formula is C57H74FN7O11S. The maximum absolute atomic E-state index is 14.7. The van der Waals surface area contributed by atoms with Gasteiger partial charge in [0.1, 0.15) is 18.8 Å². The number of hydrogen-bond acceptors (Lipinski definition) is 17. The molecule has 2 fully saturated rings. The van der Waals surface area contributed by atoms with Crippen LogP contribution in [0, 0.1) is 18.3 Å². The summed E-state index contributed by atoms with van der Waals surface area (Å²) in [5, 5.41) is 17.9. The van der Waals surface area contributed by atoms with E-state index in [-0.39, 0.29) is 102 Å². The number of ketones is 2. The van der Waals surface area contributed by atoms with Crippen LogP contribution in [0.5, 0.6) is 0 Å². The number of β-amino-alcohol motifs (C(OH)–C–C–N with tert-alkyl or cyclic N) is 1. The number of hydrogen-bond donors (Lipinski definition) is 3. The van der Waals surface area contributed by atoms with Crippen LogP contribution in [0.4, 0.5) is 10.1 Å². The average molecular weight is 1080 g/mol. The Morgan fingerprint density at radius 3 is 2.17 bits per heavy atom. The fourth-order valence-electron chi connectivity index (χ4n) is 8.79. The number of rotatable bonds is 34. The largest absolute Gasteiger partial charge is 0.391 e. The molecule has 416 valence electrons. The zero-order valence-corrected chi connectivity index (χ0v) is 45.5. The van der Waals surface area contributed by atoms with E-state index in [0.717, 1.165) is 62.5 Å². The Morgan fingerprint density at radius 1 is 0.844 bits per heavy atom. The SMILES string of the molecule is Cc1ncsc1-c1ccc(CNC(=O)[C@@H]2C[C@@H](O)CN2C(=O)[C@@H](CC(=O)COCCOCCOCCOCCOCCOCC(F)CCC(=O)c2cnc(Cc3ccc4cnccc4n3)cc2NC2CC2)C(C)(C)C)cc1. The molecule has 20 heteroatoms. The Bertz CT molecular complexity index is 2680. The zero-order chi connectivity index (χ0) is 54.6. The number of aliphatic hydroxyl groups excluding tert-OH is 1. The molecule has 0 bridgehead atoms. The highest BCUT2D eigenvalue weighted by molar-refractivity contribution is 7.13. The molecule has 77 heavy (non-hydrogen) atoms. The van der Waals surface area contributed by atoms with Gasteiger partial charge in [0, 0.05) is 91.8 Å². The van der Waals surface area contributed by atoms with Crippen molar-refractivity contribution in [3.05, 3.63) is 101 Å². The Morgan fingerprint density at radius 2 is 1.52 bits per heavy atom. The van der Waals surface area contributed by atoms with E-state index in [1.54, 1.807) is 29.9 Å². The minimum atomic E-state index is -1.30. The predicted molar refractivity (Wildman–Crippen MR) is 289 cm³/mol.